The molecule has 4 aliphatic rings. The van der Waals surface area contributed by atoms with Crippen LogP contribution in [0.5, 0.6) is 6.01 Å². The molecule has 0 saturated carbocycles. The summed E-state index contributed by atoms with van der Waals surface area (Å²) < 4.78 is 6.22. The lowest BCUT2D eigenvalue weighted by Crippen LogP contribution is -2.55. The van der Waals surface area contributed by atoms with Gasteiger partial charge in [0.15, 0.2) is 0 Å². The summed E-state index contributed by atoms with van der Waals surface area (Å²) in [5.74, 6) is 0.679. The summed E-state index contributed by atoms with van der Waals surface area (Å²) in [6.45, 7) is 8.88. The smallest absolute Gasteiger partial charge is 0.318 e. The van der Waals surface area contributed by atoms with Crippen LogP contribution < -0.4 is 9.64 Å². The first-order valence-corrected chi connectivity index (χ1v) is 14.7. The van der Waals surface area contributed by atoms with E-state index in [0.29, 0.717) is 57.9 Å². The van der Waals surface area contributed by atoms with E-state index in [1.54, 1.807) is 4.90 Å². The molecule has 2 saturated heterocycles. The van der Waals surface area contributed by atoms with Gasteiger partial charge in [-0.1, -0.05) is 18.2 Å². The van der Waals surface area contributed by atoms with E-state index in [2.05, 4.69) is 39.4 Å². The lowest BCUT2D eigenvalue weighted by molar-refractivity contribution is -0.128. The van der Waals surface area contributed by atoms with Crippen LogP contribution in [0.4, 0.5) is 11.5 Å². The Morgan fingerprint density at radius 3 is 2.88 bits per heavy atom. The van der Waals surface area contributed by atoms with Gasteiger partial charge in [-0.05, 0) is 55.8 Å². The zero-order valence-electron chi connectivity index (χ0n) is 23.4. The minimum atomic E-state index is -0.246. The first-order chi connectivity index (χ1) is 19.9. The maximum atomic E-state index is 12.5. The third-order valence-electron chi connectivity index (χ3n) is 8.71. The Hall–Kier alpha value is -3.52. The Balaban J connectivity index is 1.28. The number of likely N-dealkylation sites (N-methyl/N-ethyl adjacent to an activating group) is 1. The highest BCUT2D eigenvalue weighted by Crippen LogP contribution is 2.37. The van der Waals surface area contributed by atoms with Gasteiger partial charge in [0.05, 0.1) is 29.9 Å². The van der Waals surface area contributed by atoms with E-state index in [0.717, 1.165) is 52.7 Å². The van der Waals surface area contributed by atoms with Gasteiger partial charge in [0.2, 0.25) is 5.91 Å². The van der Waals surface area contributed by atoms with Crippen LogP contribution in [0.1, 0.15) is 41.6 Å². The van der Waals surface area contributed by atoms with Crippen molar-refractivity contribution >= 4 is 35.2 Å². The molecule has 41 heavy (non-hydrogen) atoms. The quantitative estimate of drug-likeness (QED) is 0.442. The van der Waals surface area contributed by atoms with Gasteiger partial charge in [0, 0.05) is 68.5 Å². The summed E-state index contributed by atoms with van der Waals surface area (Å²) in [5.41, 5.74) is 5.30. The Morgan fingerprint density at radius 2 is 2.10 bits per heavy atom. The zero-order chi connectivity index (χ0) is 28.5. The van der Waals surface area contributed by atoms with E-state index in [9.17, 15) is 10.1 Å². The molecule has 2 fully saturated rings. The number of rotatable bonds is 8. The molecule has 5 heterocycles. The number of hydrogen-bond donors (Lipinski definition) is 0. The number of amides is 1. The second-order valence-electron chi connectivity index (χ2n) is 11.2. The maximum absolute atomic E-state index is 12.5. The third kappa shape index (κ3) is 5.54. The van der Waals surface area contributed by atoms with Gasteiger partial charge >= 0.3 is 6.01 Å². The zero-order valence-corrected chi connectivity index (χ0v) is 24.2. The van der Waals surface area contributed by atoms with E-state index in [1.165, 1.54) is 18.1 Å². The highest BCUT2D eigenvalue weighted by atomic mass is 35.5. The molecule has 1 aromatic heterocycles. The lowest BCUT2D eigenvalue weighted by Gasteiger charge is -2.41. The molecule has 2 atom stereocenters. The van der Waals surface area contributed by atoms with Crippen molar-refractivity contribution in [2.24, 2.45) is 4.99 Å². The number of anilines is 1. The van der Waals surface area contributed by atoms with Crippen molar-refractivity contribution in [2.45, 2.75) is 57.4 Å². The van der Waals surface area contributed by atoms with Gasteiger partial charge in [0.25, 0.3) is 0 Å². The van der Waals surface area contributed by atoms with Gasteiger partial charge < -0.3 is 19.4 Å². The lowest BCUT2D eigenvalue weighted by atomic mass is 10.0. The minimum absolute atomic E-state index is 0.148. The molecular weight excluding hydrogens is 540 g/mol. The van der Waals surface area contributed by atoms with Crippen LogP contribution >= 0.6 is 11.6 Å². The molecule has 0 radical (unpaired) electrons. The largest absolute Gasteiger partial charge is 0.462 e. The Labute approximate surface area is 245 Å². The van der Waals surface area contributed by atoms with Crippen LogP contribution in [-0.2, 0) is 30.8 Å². The molecule has 6 rings (SSSR count). The average molecular weight is 575 g/mol. The summed E-state index contributed by atoms with van der Waals surface area (Å²) >= 11 is 6.68. The van der Waals surface area contributed by atoms with Gasteiger partial charge in [-0.2, -0.15) is 15.2 Å². The van der Waals surface area contributed by atoms with Crippen LogP contribution in [0.25, 0.3) is 0 Å². The number of fused-ring (bicyclic) bond motifs is 2. The van der Waals surface area contributed by atoms with Crippen molar-refractivity contribution in [1.82, 2.24) is 24.7 Å². The Kier molecular flexibility index (Phi) is 7.93. The van der Waals surface area contributed by atoms with Crippen molar-refractivity contribution < 1.29 is 9.53 Å². The Bertz CT molecular complexity index is 1420. The van der Waals surface area contributed by atoms with E-state index in [4.69, 9.17) is 26.3 Å². The number of carbonyl (C=O) groups excluding carboxylic acids is 1. The van der Waals surface area contributed by atoms with E-state index >= 15 is 0 Å². The molecular formula is C30H35ClN8O2. The number of carbonyl (C=O) groups is 1. The second kappa shape index (κ2) is 11.8. The molecule has 0 N–H and O–H groups in total. The second-order valence-corrected chi connectivity index (χ2v) is 11.6. The predicted molar refractivity (Wildman–Crippen MR) is 158 cm³/mol. The highest BCUT2D eigenvalue weighted by Gasteiger charge is 2.35. The fourth-order valence-corrected chi connectivity index (χ4v) is 6.68. The van der Waals surface area contributed by atoms with Gasteiger partial charge in [-0.3, -0.25) is 14.7 Å². The number of benzene rings is 1. The van der Waals surface area contributed by atoms with Crippen molar-refractivity contribution in [3.63, 3.8) is 0 Å². The normalized spacial score (nSPS) is 22.1. The first kappa shape index (κ1) is 27.6. The average Bonchev–Trinajstić information content (AvgIpc) is 3.72. The molecule has 214 valence electrons. The number of halogens is 1. The van der Waals surface area contributed by atoms with Crippen LogP contribution in [0.15, 0.2) is 29.8 Å². The third-order valence-corrected chi connectivity index (χ3v) is 9.06. The fourth-order valence-electron chi connectivity index (χ4n) is 6.44. The van der Waals surface area contributed by atoms with Crippen molar-refractivity contribution in [3.05, 3.63) is 52.2 Å². The van der Waals surface area contributed by atoms with E-state index < -0.39 is 0 Å². The number of nitrogens with zero attached hydrogens (tertiary/aromatic N) is 8. The first-order valence-electron chi connectivity index (χ1n) is 14.3. The molecule has 2 aromatic rings. The molecule has 11 heteroatoms. The van der Waals surface area contributed by atoms with Crippen LogP contribution in [0.2, 0.25) is 5.02 Å². The number of aliphatic imine (C=N–C) groups is 1. The van der Waals surface area contributed by atoms with Crippen molar-refractivity contribution in [1.29, 1.82) is 5.26 Å². The van der Waals surface area contributed by atoms with E-state index in [1.807, 2.05) is 18.3 Å². The van der Waals surface area contributed by atoms with Crippen LogP contribution in [-0.4, -0.2) is 88.7 Å². The van der Waals surface area contributed by atoms with Gasteiger partial charge in [0.1, 0.15) is 12.4 Å². The predicted octanol–water partition coefficient (Wildman–Crippen LogP) is 3.49. The maximum Gasteiger partial charge on any atom is 0.318 e. The number of ether oxygens (including phenoxy) is 1. The number of likely N-dealkylation sites (tertiary alicyclic amines) is 1. The van der Waals surface area contributed by atoms with Crippen LogP contribution in [0.3, 0.4) is 0 Å². The molecule has 1 aromatic carbocycles. The van der Waals surface area contributed by atoms with Crippen molar-refractivity contribution in [2.75, 3.05) is 44.7 Å². The molecule has 4 aliphatic heterocycles. The number of nitriles is 1. The topological polar surface area (TPSA) is 101 Å². The van der Waals surface area contributed by atoms with Gasteiger partial charge in [-0.25, -0.2) is 0 Å². The summed E-state index contributed by atoms with van der Waals surface area (Å²) in [4.78, 5) is 35.4. The minimum Gasteiger partial charge on any atom is -0.462 e. The van der Waals surface area contributed by atoms with Crippen molar-refractivity contribution in [3.8, 4) is 12.1 Å². The summed E-state index contributed by atoms with van der Waals surface area (Å²) in [5, 5.41) is 10.3. The molecule has 1 amide bonds. The monoisotopic (exact) mass is 574 g/mol. The molecule has 0 bridgehead atoms. The molecule has 0 unspecified atom stereocenters. The Morgan fingerprint density at radius 1 is 1.22 bits per heavy atom. The number of piperazine rings is 1. The van der Waals surface area contributed by atoms with E-state index in [-0.39, 0.29) is 18.4 Å². The number of aromatic nitrogens is 2. The summed E-state index contributed by atoms with van der Waals surface area (Å²) in [6.07, 6.45) is 6.56. The van der Waals surface area contributed by atoms with Crippen LogP contribution in [0, 0.1) is 11.3 Å². The standard InChI is InChI=1S/C30H35ClN8O2/c1-3-28(40)39-14-13-38(15-20(39)8-10-32)29-24-17-37(16-23-22-9-11-33-26(22)7-6-25(23)31)18-27(24)34-30(35-29)41-19-21-5-4-12-36(21)2/h3,6-7,11,20-21H,1,4-5,8-9,12-19H2,2H3/t20-,21-/m0/s1. The van der Waals surface area contributed by atoms with Gasteiger partial charge in [-0.15, -0.1) is 0 Å². The summed E-state index contributed by atoms with van der Waals surface area (Å²) in [6, 6.07) is 6.65. The molecule has 10 nitrogen and oxygen atoms in total. The summed E-state index contributed by atoms with van der Waals surface area (Å²) in [7, 11) is 2.13. The SMILES string of the molecule is C=CC(=O)N1CCN(c2nc(OC[C@@H]3CCCN3C)nc3c2CN(Cc2c(Cl)ccc4c2CC=N4)C3)C[C@@H]1CC#N. The number of hydrogen-bond acceptors (Lipinski definition) is 9. The fraction of sp³-hybridized carbons (Fsp3) is 0.500. The molecule has 0 aliphatic carbocycles. The highest BCUT2D eigenvalue weighted by molar-refractivity contribution is 6.31. The molecule has 0 spiro atoms.